The summed E-state index contributed by atoms with van der Waals surface area (Å²) in [5, 5.41) is 0. The van der Waals surface area contributed by atoms with E-state index in [0.717, 1.165) is 0 Å². The molecular weight excluding hydrogens is 349 g/mol. The zero-order chi connectivity index (χ0) is 18.8. The van der Waals surface area contributed by atoms with E-state index in [0.29, 0.717) is 60.0 Å². The number of hydrogen-bond donors (Lipinski definition) is 1. The third-order valence-electron chi connectivity index (χ3n) is 4.63. The van der Waals surface area contributed by atoms with Crippen molar-refractivity contribution in [2.45, 2.75) is 19.5 Å². The number of H-pyrrole nitrogens is 1. The Kier molecular flexibility index (Phi) is 4.64. The van der Waals surface area contributed by atoms with Crippen molar-refractivity contribution in [1.82, 2.24) is 24.8 Å². The van der Waals surface area contributed by atoms with Gasteiger partial charge in [-0.1, -0.05) is 0 Å². The van der Waals surface area contributed by atoms with Crippen molar-refractivity contribution in [2.75, 3.05) is 13.7 Å². The van der Waals surface area contributed by atoms with Gasteiger partial charge in [0.25, 0.3) is 5.56 Å². The molecule has 3 heterocycles. The van der Waals surface area contributed by atoms with E-state index in [-0.39, 0.29) is 11.4 Å². The van der Waals surface area contributed by atoms with Crippen LogP contribution in [0.4, 0.5) is 4.39 Å². The van der Waals surface area contributed by atoms with Crippen LogP contribution in [-0.4, -0.2) is 38.5 Å². The predicted octanol–water partition coefficient (Wildman–Crippen LogP) is 1.93. The number of aromatic nitrogens is 4. The molecule has 7 nitrogen and oxygen atoms in total. The van der Waals surface area contributed by atoms with Crippen molar-refractivity contribution in [2.24, 2.45) is 0 Å². The molecule has 1 aliphatic heterocycles. The standard InChI is InChI=1S/C19H18FN5O2/c1-27-14-2-3-16(20)12(6-14)9-25-5-4-15-17(10-25)23-18(24-19(15)26)13-7-21-11-22-8-13/h2-3,6-8,11H,4-5,9-10H2,1H3,(H,23,24,26). The van der Waals surface area contributed by atoms with E-state index < -0.39 is 0 Å². The van der Waals surface area contributed by atoms with E-state index in [1.807, 2.05) is 0 Å². The van der Waals surface area contributed by atoms with Crippen molar-refractivity contribution >= 4 is 0 Å². The largest absolute Gasteiger partial charge is 0.497 e. The highest BCUT2D eigenvalue weighted by Gasteiger charge is 2.22. The SMILES string of the molecule is COc1ccc(F)c(CN2CCc3c(nc(-c4cncnc4)[nH]c3=O)C2)c1. The van der Waals surface area contributed by atoms with Gasteiger partial charge in [-0.05, 0) is 24.6 Å². The lowest BCUT2D eigenvalue weighted by Crippen LogP contribution is -2.35. The van der Waals surface area contributed by atoms with E-state index in [1.54, 1.807) is 31.6 Å². The summed E-state index contributed by atoms with van der Waals surface area (Å²) in [7, 11) is 1.55. The smallest absolute Gasteiger partial charge is 0.254 e. The molecule has 2 aromatic heterocycles. The molecule has 27 heavy (non-hydrogen) atoms. The van der Waals surface area contributed by atoms with E-state index in [1.165, 1.54) is 12.4 Å². The number of nitrogens with one attached hydrogen (secondary N) is 1. The monoisotopic (exact) mass is 367 g/mol. The summed E-state index contributed by atoms with van der Waals surface area (Å²) in [5.74, 6) is 0.779. The molecule has 0 fully saturated rings. The highest BCUT2D eigenvalue weighted by atomic mass is 19.1. The van der Waals surface area contributed by atoms with Crippen LogP contribution >= 0.6 is 0 Å². The Labute approximate surface area is 154 Å². The third-order valence-corrected chi connectivity index (χ3v) is 4.63. The fraction of sp³-hybridized carbons (Fsp3) is 0.263. The first-order chi connectivity index (χ1) is 13.1. The minimum Gasteiger partial charge on any atom is -0.497 e. The van der Waals surface area contributed by atoms with Crippen LogP contribution in [0.15, 0.2) is 41.7 Å². The highest BCUT2D eigenvalue weighted by Crippen LogP contribution is 2.22. The lowest BCUT2D eigenvalue weighted by molar-refractivity contribution is 0.237. The summed E-state index contributed by atoms with van der Waals surface area (Å²) in [6.45, 7) is 1.54. The van der Waals surface area contributed by atoms with Gasteiger partial charge in [0.15, 0.2) is 0 Å². The molecule has 0 radical (unpaired) electrons. The van der Waals surface area contributed by atoms with Crippen LogP contribution in [0.3, 0.4) is 0 Å². The summed E-state index contributed by atoms with van der Waals surface area (Å²) in [5.41, 5.74) is 2.43. The quantitative estimate of drug-likeness (QED) is 0.759. The molecule has 138 valence electrons. The Morgan fingerprint density at radius 2 is 2.11 bits per heavy atom. The first-order valence-electron chi connectivity index (χ1n) is 8.56. The maximum Gasteiger partial charge on any atom is 0.254 e. The topological polar surface area (TPSA) is 84.0 Å². The minimum atomic E-state index is -0.275. The molecule has 1 N–H and O–H groups in total. The molecule has 4 rings (SSSR count). The van der Waals surface area contributed by atoms with E-state index in [4.69, 9.17) is 4.74 Å². The maximum absolute atomic E-state index is 14.1. The number of aromatic amines is 1. The average Bonchev–Trinajstić information content (AvgIpc) is 2.70. The number of ether oxygens (including phenoxy) is 1. The Morgan fingerprint density at radius 3 is 2.89 bits per heavy atom. The number of halogens is 1. The van der Waals surface area contributed by atoms with Crippen LogP contribution in [0.2, 0.25) is 0 Å². The molecule has 0 saturated carbocycles. The van der Waals surface area contributed by atoms with Gasteiger partial charge < -0.3 is 9.72 Å². The van der Waals surface area contributed by atoms with Crippen LogP contribution in [0.1, 0.15) is 16.8 Å². The van der Waals surface area contributed by atoms with Crippen molar-refractivity contribution in [3.8, 4) is 17.1 Å². The average molecular weight is 367 g/mol. The van der Waals surface area contributed by atoms with Gasteiger partial charge in [-0.3, -0.25) is 9.69 Å². The molecule has 1 aliphatic rings. The molecule has 3 aromatic rings. The van der Waals surface area contributed by atoms with Gasteiger partial charge in [-0.15, -0.1) is 0 Å². The molecular formula is C19H18FN5O2. The third kappa shape index (κ3) is 3.56. The van der Waals surface area contributed by atoms with Gasteiger partial charge in [0, 0.05) is 43.2 Å². The second-order valence-electron chi connectivity index (χ2n) is 6.38. The Balaban J connectivity index is 1.61. The minimum absolute atomic E-state index is 0.147. The summed E-state index contributed by atoms with van der Waals surface area (Å²) in [6, 6.07) is 4.70. The molecule has 8 heteroatoms. The second kappa shape index (κ2) is 7.24. The van der Waals surface area contributed by atoms with Crippen LogP contribution in [0, 0.1) is 5.82 Å². The van der Waals surface area contributed by atoms with Gasteiger partial charge in [0.2, 0.25) is 0 Å². The van der Waals surface area contributed by atoms with E-state index >= 15 is 0 Å². The van der Waals surface area contributed by atoms with Crippen LogP contribution in [0.5, 0.6) is 5.75 Å². The summed E-state index contributed by atoms with van der Waals surface area (Å²) < 4.78 is 19.3. The maximum atomic E-state index is 14.1. The van der Waals surface area contributed by atoms with Crippen LogP contribution in [0.25, 0.3) is 11.4 Å². The zero-order valence-electron chi connectivity index (χ0n) is 14.8. The molecule has 1 aromatic carbocycles. The fourth-order valence-corrected chi connectivity index (χ4v) is 3.23. The van der Waals surface area contributed by atoms with Gasteiger partial charge >= 0.3 is 0 Å². The zero-order valence-corrected chi connectivity index (χ0v) is 14.8. The number of benzene rings is 1. The molecule has 0 saturated heterocycles. The molecule has 0 aliphatic carbocycles. The van der Waals surface area contributed by atoms with Gasteiger partial charge in [-0.2, -0.15) is 0 Å². The fourth-order valence-electron chi connectivity index (χ4n) is 3.23. The predicted molar refractivity (Wildman–Crippen MR) is 96.7 cm³/mol. The summed E-state index contributed by atoms with van der Waals surface area (Å²) >= 11 is 0. The highest BCUT2D eigenvalue weighted by molar-refractivity contribution is 5.52. The summed E-state index contributed by atoms with van der Waals surface area (Å²) in [4.78, 5) is 29.8. The van der Waals surface area contributed by atoms with Crippen molar-refractivity contribution in [1.29, 1.82) is 0 Å². The van der Waals surface area contributed by atoms with Crippen LogP contribution < -0.4 is 10.3 Å². The van der Waals surface area contributed by atoms with E-state index in [2.05, 4.69) is 24.8 Å². The second-order valence-corrected chi connectivity index (χ2v) is 6.38. The number of fused-ring (bicyclic) bond motifs is 1. The Hall–Kier alpha value is -3.13. The van der Waals surface area contributed by atoms with Crippen LogP contribution in [-0.2, 0) is 19.5 Å². The first kappa shape index (κ1) is 17.3. The number of nitrogens with zero attached hydrogens (tertiary/aromatic N) is 4. The van der Waals surface area contributed by atoms with Crippen molar-refractivity contribution in [3.63, 3.8) is 0 Å². The summed E-state index contributed by atoms with van der Waals surface area (Å²) in [6.07, 6.45) is 5.19. The number of hydrogen-bond acceptors (Lipinski definition) is 6. The van der Waals surface area contributed by atoms with Gasteiger partial charge in [0.05, 0.1) is 18.4 Å². The molecule has 0 atom stereocenters. The Bertz CT molecular complexity index is 1020. The van der Waals surface area contributed by atoms with E-state index in [9.17, 15) is 9.18 Å². The van der Waals surface area contributed by atoms with Crippen molar-refractivity contribution in [3.05, 3.63) is 69.9 Å². The van der Waals surface area contributed by atoms with Gasteiger partial charge in [-0.25, -0.2) is 19.3 Å². The number of methoxy groups -OCH3 is 1. The normalized spacial score (nSPS) is 14.0. The molecule has 0 unspecified atom stereocenters. The number of rotatable bonds is 4. The lowest BCUT2D eigenvalue weighted by Gasteiger charge is -2.28. The first-order valence-corrected chi connectivity index (χ1v) is 8.56. The lowest BCUT2D eigenvalue weighted by atomic mass is 10.0. The van der Waals surface area contributed by atoms with Gasteiger partial charge in [0.1, 0.15) is 23.7 Å². The Morgan fingerprint density at radius 1 is 1.30 bits per heavy atom. The van der Waals surface area contributed by atoms with Crippen molar-refractivity contribution < 1.29 is 9.13 Å². The molecule has 0 spiro atoms. The molecule has 0 bridgehead atoms. The molecule has 0 amide bonds.